The zero-order chi connectivity index (χ0) is 21.3. The Kier molecular flexibility index (Phi) is 5.61. The van der Waals surface area contributed by atoms with Gasteiger partial charge in [-0.25, -0.2) is 9.07 Å². The minimum Gasteiger partial charge on any atom is -0.374 e. The van der Waals surface area contributed by atoms with Crippen molar-refractivity contribution < 1.29 is 9.13 Å². The normalized spacial score (nSPS) is 19.3. The van der Waals surface area contributed by atoms with Crippen LogP contribution < -0.4 is 0 Å². The summed E-state index contributed by atoms with van der Waals surface area (Å²) in [5.41, 5.74) is 6.95. The van der Waals surface area contributed by atoms with Crippen molar-refractivity contribution >= 4 is 6.08 Å². The monoisotopic (exact) mass is 404 g/mol. The Morgan fingerprint density at radius 2 is 1.93 bits per heavy atom. The molecule has 156 valence electrons. The van der Waals surface area contributed by atoms with Crippen LogP contribution in [-0.2, 0) is 11.2 Å². The Hall–Kier alpha value is -2.72. The fourth-order valence-corrected chi connectivity index (χ4v) is 4.40. The van der Waals surface area contributed by atoms with Crippen molar-refractivity contribution in [1.29, 1.82) is 0 Å². The maximum Gasteiger partial charge on any atom is 0.123 e. The predicted molar refractivity (Wildman–Crippen MR) is 119 cm³/mol. The number of hydrogen-bond donors (Lipinski definition) is 0. The summed E-state index contributed by atoms with van der Waals surface area (Å²) in [6.07, 6.45) is 6.04. The number of nitrogens with zero attached hydrogens (tertiary/aromatic N) is 2. The molecule has 30 heavy (non-hydrogen) atoms. The van der Waals surface area contributed by atoms with Gasteiger partial charge in [-0.05, 0) is 80.5 Å². The van der Waals surface area contributed by atoms with Crippen LogP contribution in [0.3, 0.4) is 0 Å². The van der Waals surface area contributed by atoms with Crippen LogP contribution in [0.1, 0.15) is 55.7 Å². The Balaban J connectivity index is 1.64. The Morgan fingerprint density at radius 1 is 1.17 bits per heavy atom. The summed E-state index contributed by atoms with van der Waals surface area (Å²) >= 11 is 0. The molecule has 0 bridgehead atoms. The van der Waals surface area contributed by atoms with E-state index >= 15 is 0 Å². The maximum absolute atomic E-state index is 13.3. The second-order valence-corrected chi connectivity index (χ2v) is 8.57. The number of rotatable bonds is 6. The van der Waals surface area contributed by atoms with Crippen molar-refractivity contribution in [1.82, 2.24) is 9.78 Å². The van der Waals surface area contributed by atoms with Gasteiger partial charge in [0, 0.05) is 6.61 Å². The van der Waals surface area contributed by atoms with E-state index in [4.69, 9.17) is 4.74 Å². The topological polar surface area (TPSA) is 27.1 Å². The number of hydrogen-bond acceptors (Lipinski definition) is 2. The van der Waals surface area contributed by atoms with Gasteiger partial charge in [0.25, 0.3) is 0 Å². The number of ether oxygens (including phenoxy) is 1. The predicted octanol–water partition coefficient (Wildman–Crippen LogP) is 6.45. The fourth-order valence-electron chi connectivity index (χ4n) is 4.40. The van der Waals surface area contributed by atoms with Crippen LogP contribution in [0.15, 0.2) is 60.3 Å². The summed E-state index contributed by atoms with van der Waals surface area (Å²) in [6, 6.07) is 15.1. The third-order valence-corrected chi connectivity index (χ3v) is 6.26. The van der Waals surface area contributed by atoms with Crippen molar-refractivity contribution in [3.05, 3.63) is 88.5 Å². The largest absolute Gasteiger partial charge is 0.374 e. The van der Waals surface area contributed by atoms with Gasteiger partial charge in [0.05, 0.1) is 23.7 Å². The molecule has 3 nitrogen and oxygen atoms in total. The molecule has 0 fully saturated rings. The number of allylic oxidation sites excluding steroid dienone is 1. The molecule has 1 aliphatic carbocycles. The molecule has 1 unspecified atom stereocenters. The zero-order valence-electron chi connectivity index (χ0n) is 18.2. The lowest BCUT2D eigenvalue weighted by molar-refractivity contribution is 0.0323. The lowest BCUT2D eigenvalue weighted by Gasteiger charge is -2.37. The van der Waals surface area contributed by atoms with E-state index in [9.17, 15) is 4.39 Å². The van der Waals surface area contributed by atoms with Gasteiger partial charge < -0.3 is 4.74 Å². The van der Waals surface area contributed by atoms with Crippen LogP contribution >= 0.6 is 0 Å². The van der Waals surface area contributed by atoms with Crippen molar-refractivity contribution in [3.8, 4) is 5.69 Å². The Morgan fingerprint density at radius 3 is 2.63 bits per heavy atom. The van der Waals surface area contributed by atoms with Crippen LogP contribution in [0.25, 0.3) is 11.8 Å². The molecule has 1 aliphatic rings. The first-order chi connectivity index (χ1) is 14.4. The summed E-state index contributed by atoms with van der Waals surface area (Å²) in [6.45, 7) is 9.38. The standard InChI is InChI=1S/C26H29FN2O/c1-5-30-25(20-8-6-7-18(2)13-20)16-26(4)15-21-17-28-29(24(21)14-19(26)3)23-11-9-22(27)10-12-23/h6-14,17,25H,5,15-16H2,1-4H3/t25?,26-/m1/s1. The highest BCUT2D eigenvalue weighted by Crippen LogP contribution is 2.45. The van der Waals surface area contributed by atoms with Crippen LogP contribution in [-0.4, -0.2) is 16.4 Å². The number of benzene rings is 2. The number of aryl methyl sites for hydroxylation is 1. The second kappa shape index (κ2) is 8.19. The van der Waals surface area contributed by atoms with Gasteiger partial charge in [-0.2, -0.15) is 5.10 Å². The smallest absolute Gasteiger partial charge is 0.123 e. The molecule has 1 aromatic heterocycles. The summed E-state index contributed by atoms with van der Waals surface area (Å²) in [7, 11) is 0. The van der Waals surface area contributed by atoms with E-state index in [2.05, 4.69) is 63.1 Å². The van der Waals surface area contributed by atoms with Crippen LogP contribution in [0.2, 0.25) is 0 Å². The van der Waals surface area contributed by atoms with E-state index in [-0.39, 0.29) is 17.3 Å². The van der Waals surface area contributed by atoms with E-state index < -0.39 is 0 Å². The summed E-state index contributed by atoms with van der Waals surface area (Å²) in [5, 5.41) is 4.60. The van der Waals surface area contributed by atoms with E-state index in [1.54, 1.807) is 12.1 Å². The molecule has 1 heterocycles. The van der Waals surface area contributed by atoms with Crippen molar-refractivity contribution in [2.75, 3.05) is 6.61 Å². The van der Waals surface area contributed by atoms with Gasteiger partial charge in [0.2, 0.25) is 0 Å². The first kappa shape index (κ1) is 20.5. The lowest BCUT2D eigenvalue weighted by Crippen LogP contribution is -2.28. The van der Waals surface area contributed by atoms with Gasteiger partial charge in [0.1, 0.15) is 5.82 Å². The first-order valence-corrected chi connectivity index (χ1v) is 10.6. The van der Waals surface area contributed by atoms with E-state index in [0.717, 1.165) is 24.2 Å². The molecule has 0 radical (unpaired) electrons. The number of fused-ring (bicyclic) bond motifs is 1. The molecule has 2 atom stereocenters. The van der Waals surface area contributed by atoms with E-state index in [1.807, 2.05) is 10.9 Å². The highest BCUT2D eigenvalue weighted by atomic mass is 19.1. The molecular formula is C26H29FN2O. The molecule has 2 aromatic carbocycles. The molecule has 3 aromatic rings. The van der Waals surface area contributed by atoms with Crippen LogP contribution in [0.4, 0.5) is 4.39 Å². The fraction of sp³-hybridized carbons (Fsp3) is 0.346. The molecule has 0 amide bonds. The molecule has 0 N–H and O–H groups in total. The highest BCUT2D eigenvalue weighted by Gasteiger charge is 2.35. The first-order valence-electron chi connectivity index (χ1n) is 10.6. The van der Waals surface area contributed by atoms with Gasteiger partial charge in [-0.3, -0.25) is 0 Å². The average Bonchev–Trinajstić information content (AvgIpc) is 3.11. The summed E-state index contributed by atoms with van der Waals surface area (Å²) < 4.78 is 21.4. The van der Waals surface area contributed by atoms with Crippen LogP contribution in [0.5, 0.6) is 0 Å². The quantitative estimate of drug-likeness (QED) is 0.472. The van der Waals surface area contributed by atoms with Gasteiger partial charge in [-0.15, -0.1) is 0 Å². The SMILES string of the molecule is CCOC(C[C@@]1(C)Cc2cnn(-c3ccc(F)cc3)c2C=C1C)c1cccc(C)c1. The van der Waals surface area contributed by atoms with Crippen LogP contribution in [0, 0.1) is 18.2 Å². The summed E-state index contributed by atoms with van der Waals surface area (Å²) in [4.78, 5) is 0. The molecule has 0 spiro atoms. The molecule has 4 heteroatoms. The van der Waals surface area contributed by atoms with Gasteiger partial charge in [0.15, 0.2) is 0 Å². The molecular weight excluding hydrogens is 375 g/mol. The molecule has 0 saturated heterocycles. The van der Waals surface area contributed by atoms with Gasteiger partial charge in [-0.1, -0.05) is 42.3 Å². The van der Waals surface area contributed by atoms with Gasteiger partial charge >= 0.3 is 0 Å². The average molecular weight is 405 g/mol. The zero-order valence-corrected chi connectivity index (χ0v) is 18.2. The van der Waals surface area contributed by atoms with E-state index in [0.29, 0.717) is 6.61 Å². The minimum atomic E-state index is -0.239. The third-order valence-electron chi connectivity index (χ3n) is 6.26. The molecule has 0 saturated carbocycles. The van der Waals surface area contributed by atoms with Crippen molar-refractivity contribution in [3.63, 3.8) is 0 Å². The Labute approximate surface area is 178 Å². The molecule has 0 aliphatic heterocycles. The van der Waals surface area contributed by atoms with Crippen molar-refractivity contribution in [2.24, 2.45) is 5.41 Å². The van der Waals surface area contributed by atoms with E-state index in [1.165, 1.54) is 34.4 Å². The highest BCUT2D eigenvalue weighted by molar-refractivity contribution is 5.60. The number of halogens is 1. The Bertz CT molecular complexity index is 1070. The minimum absolute atomic E-state index is 0.0206. The summed E-state index contributed by atoms with van der Waals surface area (Å²) in [5.74, 6) is -0.239. The second-order valence-electron chi connectivity index (χ2n) is 8.57. The lowest BCUT2D eigenvalue weighted by atomic mass is 9.70. The number of aromatic nitrogens is 2. The molecule has 4 rings (SSSR count). The third kappa shape index (κ3) is 3.97. The maximum atomic E-state index is 13.3. The van der Waals surface area contributed by atoms with Crippen molar-refractivity contribution in [2.45, 2.75) is 46.6 Å².